The van der Waals surface area contributed by atoms with Crippen molar-refractivity contribution in [1.29, 1.82) is 0 Å². The molecule has 2 N–H and O–H groups in total. The Morgan fingerprint density at radius 3 is 2.52 bits per heavy atom. The lowest BCUT2D eigenvalue weighted by atomic mass is 9.77. The van der Waals surface area contributed by atoms with Gasteiger partial charge in [-0.25, -0.2) is 0 Å². The molecule has 1 aromatic rings. The lowest BCUT2D eigenvalue weighted by Crippen LogP contribution is -2.23. The Hall–Kier alpha value is -1.83. The van der Waals surface area contributed by atoms with Gasteiger partial charge < -0.3 is 5.73 Å². The molecule has 1 aliphatic rings. The second-order valence-electron chi connectivity index (χ2n) is 7.60. The van der Waals surface area contributed by atoms with Crippen molar-refractivity contribution >= 4 is 17.0 Å². The van der Waals surface area contributed by atoms with E-state index in [1.165, 1.54) is 11.1 Å². The first-order valence-corrected chi connectivity index (χ1v) is 9.71. The first-order chi connectivity index (χ1) is 11.9. The normalized spacial score (nSPS) is 17.3. The largest absolute Gasteiger partial charge is 0.399 e. The van der Waals surface area contributed by atoms with Gasteiger partial charge in [0.15, 0.2) is 5.78 Å². The molecule has 25 heavy (non-hydrogen) atoms. The lowest BCUT2D eigenvalue weighted by molar-refractivity contribution is 0.0855. The SMILES string of the molecule is CC/C(C)=C\C(=C/[C@@H](C)CC)c1c(C)cc(N)cc1C(=O)C1CCC1. The highest BCUT2D eigenvalue weighted by atomic mass is 16.1. The Morgan fingerprint density at radius 1 is 1.32 bits per heavy atom. The summed E-state index contributed by atoms with van der Waals surface area (Å²) in [7, 11) is 0. The second-order valence-corrected chi connectivity index (χ2v) is 7.60. The third-order valence-electron chi connectivity index (χ3n) is 5.46. The van der Waals surface area contributed by atoms with Crippen molar-refractivity contribution in [2.24, 2.45) is 11.8 Å². The van der Waals surface area contributed by atoms with E-state index >= 15 is 0 Å². The molecule has 2 heteroatoms. The summed E-state index contributed by atoms with van der Waals surface area (Å²) >= 11 is 0. The minimum absolute atomic E-state index is 0.182. The number of allylic oxidation sites excluding steroid dienone is 4. The molecule has 136 valence electrons. The second kappa shape index (κ2) is 8.51. The van der Waals surface area contributed by atoms with Crippen LogP contribution in [-0.4, -0.2) is 5.78 Å². The Kier molecular flexibility index (Phi) is 6.64. The standard InChI is InChI=1S/C23H33NO/c1-6-15(3)11-19(12-16(4)7-2)22-17(5)13-20(24)14-21(22)23(25)18-9-8-10-18/h11-15,18H,6-10,24H2,1-5H3/b16-12-,19-11+/t15-/m0/s1. The maximum Gasteiger partial charge on any atom is 0.166 e. The summed E-state index contributed by atoms with van der Waals surface area (Å²) in [5.74, 6) is 0.926. The molecule has 0 heterocycles. The number of aryl methyl sites for hydroxylation is 1. The topological polar surface area (TPSA) is 43.1 Å². The molecule has 0 spiro atoms. The molecule has 1 saturated carbocycles. The Morgan fingerprint density at radius 2 is 2.00 bits per heavy atom. The van der Waals surface area contributed by atoms with Gasteiger partial charge in [-0.2, -0.15) is 0 Å². The molecule has 1 fully saturated rings. The van der Waals surface area contributed by atoms with Gasteiger partial charge in [0.1, 0.15) is 0 Å². The molecule has 0 radical (unpaired) electrons. The molecule has 1 aromatic carbocycles. The minimum Gasteiger partial charge on any atom is -0.399 e. The highest BCUT2D eigenvalue weighted by Crippen LogP contribution is 2.35. The lowest BCUT2D eigenvalue weighted by Gasteiger charge is -2.26. The third-order valence-corrected chi connectivity index (χ3v) is 5.46. The number of nitrogens with two attached hydrogens (primary N) is 1. The summed E-state index contributed by atoms with van der Waals surface area (Å²) in [5.41, 5.74) is 12.3. The number of Topliss-reactive ketones (excluding diaryl/α,β-unsaturated/α-hetero) is 1. The van der Waals surface area contributed by atoms with Gasteiger partial charge in [-0.3, -0.25) is 4.79 Å². The van der Waals surface area contributed by atoms with Crippen LogP contribution >= 0.6 is 0 Å². The van der Waals surface area contributed by atoms with Gasteiger partial charge in [-0.15, -0.1) is 0 Å². The van der Waals surface area contributed by atoms with E-state index in [9.17, 15) is 4.79 Å². The monoisotopic (exact) mass is 339 g/mol. The van der Waals surface area contributed by atoms with Gasteiger partial charge in [0.05, 0.1) is 0 Å². The van der Waals surface area contributed by atoms with Crippen molar-refractivity contribution in [3.05, 3.63) is 46.5 Å². The van der Waals surface area contributed by atoms with E-state index in [1.807, 2.05) is 12.1 Å². The van der Waals surface area contributed by atoms with E-state index in [2.05, 4.69) is 46.8 Å². The van der Waals surface area contributed by atoms with E-state index in [4.69, 9.17) is 5.73 Å². The fourth-order valence-electron chi connectivity index (χ4n) is 3.28. The fraction of sp³-hybridized carbons (Fsp3) is 0.522. The Labute approximate surface area is 153 Å². The van der Waals surface area contributed by atoms with Crippen molar-refractivity contribution in [1.82, 2.24) is 0 Å². The van der Waals surface area contributed by atoms with Crippen molar-refractivity contribution in [3.8, 4) is 0 Å². The zero-order chi connectivity index (χ0) is 18.6. The van der Waals surface area contributed by atoms with Crippen LogP contribution in [0.5, 0.6) is 0 Å². The van der Waals surface area contributed by atoms with Crippen molar-refractivity contribution in [2.75, 3.05) is 5.73 Å². The molecule has 1 atom stereocenters. The number of nitrogen functional groups attached to an aromatic ring is 1. The number of carbonyl (C=O) groups excluding carboxylic acids is 1. The third kappa shape index (κ3) is 4.62. The van der Waals surface area contributed by atoms with Gasteiger partial charge in [0, 0.05) is 17.2 Å². The smallest absolute Gasteiger partial charge is 0.166 e. The number of rotatable bonds is 7. The number of hydrogen-bond acceptors (Lipinski definition) is 2. The molecule has 0 aromatic heterocycles. The van der Waals surface area contributed by atoms with E-state index in [-0.39, 0.29) is 11.7 Å². The highest BCUT2D eigenvalue weighted by Gasteiger charge is 2.29. The van der Waals surface area contributed by atoms with Crippen LogP contribution in [0.2, 0.25) is 0 Å². The predicted molar refractivity (Wildman–Crippen MR) is 109 cm³/mol. The van der Waals surface area contributed by atoms with Crippen LogP contribution in [0.25, 0.3) is 5.57 Å². The van der Waals surface area contributed by atoms with Crippen LogP contribution in [0.4, 0.5) is 5.69 Å². The Balaban J connectivity index is 2.62. The van der Waals surface area contributed by atoms with E-state index in [1.54, 1.807) is 0 Å². The highest BCUT2D eigenvalue weighted by molar-refractivity contribution is 6.04. The number of benzene rings is 1. The number of hydrogen-bond donors (Lipinski definition) is 1. The molecular formula is C23H33NO. The summed E-state index contributed by atoms with van der Waals surface area (Å²) in [4.78, 5) is 13.1. The average molecular weight is 340 g/mol. The quantitative estimate of drug-likeness (QED) is 0.357. The molecule has 0 bridgehead atoms. The van der Waals surface area contributed by atoms with Gasteiger partial charge in [0.2, 0.25) is 0 Å². The number of anilines is 1. The van der Waals surface area contributed by atoms with Crippen LogP contribution in [0, 0.1) is 18.8 Å². The fourth-order valence-corrected chi connectivity index (χ4v) is 3.28. The molecule has 0 saturated heterocycles. The van der Waals surface area contributed by atoms with Gasteiger partial charge in [-0.05, 0) is 67.9 Å². The number of ketones is 1. The van der Waals surface area contributed by atoms with Gasteiger partial charge >= 0.3 is 0 Å². The molecule has 0 unspecified atom stereocenters. The molecule has 1 aliphatic carbocycles. The minimum atomic E-state index is 0.182. The van der Waals surface area contributed by atoms with Crippen LogP contribution in [-0.2, 0) is 0 Å². The van der Waals surface area contributed by atoms with Crippen LogP contribution in [0.3, 0.4) is 0 Å². The van der Waals surface area contributed by atoms with Crippen molar-refractivity contribution in [2.45, 2.75) is 66.7 Å². The summed E-state index contributed by atoms with van der Waals surface area (Å²) < 4.78 is 0. The number of carbonyl (C=O) groups is 1. The molecule has 2 nitrogen and oxygen atoms in total. The van der Waals surface area contributed by atoms with Gasteiger partial charge in [0.25, 0.3) is 0 Å². The molecule has 0 amide bonds. The van der Waals surface area contributed by atoms with Crippen molar-refractivity contribution < 1.29 is 4.79 Å². The predicted octanol–water partition coefficient (Wildman–Crippen LogP) is 6.35. The zero-order valence-electron chi connectivity index (χ0n) is 16.5. The maximum absolute atomic E-state index is 13.1. The average Bonchev–Trinajstić information content (AvgIpc) is 2.51. The zero-order valence-corrected chi connectivity index (χ0v) is 16.5. The first kappa shape index (κ1) is 19.5. The maximum atomic E-state index is 13.1. The van der Waals surface area contributed by atoms with E-state index < -0.39 is 0 Å². The first-order valence-electron chi connectivity index (χ1n) is 9.71. The Bertz CT molecular complexity index is 692. The van der Waals surface area contributed by atoms with E-state index in [0.717, 1.165) is 48.8 Å². The van der Waals surface area contributed by atoms with Gasteiger partial charge in [-0.1, -0.05) is 51.3 Å². The molecule has 2 rings (SSSR count). The van der Waals surface area contributed by atoms with Crippen LogP contribution in [0.1, 0.15) is 81.3 Å². The van der Waals surface area contributed by atoms with Crippen LogP contribution in [0.15, 0.2) is 29.9 Å². The van der Waals surface area contributed by atoms with Crippen LogP contribution < -0.4 is 5.73 Å². The molecule has 0 aliphatic heterocycles. The summed E-state index contributed by atoms with van der Waals surface area (Å²) in [5, 5.41) is 0. The van der Waals surface area contributed by atoms with E-state index in [0.29, 0.717) is 11.6 Å². The summed E-state index contributed by atoms with van der Waals surface area (Å²) in [6.07, 6.45) is 9.86. The van der Waals surface area contributed by atoms with Crippen molar-refractivity contribution in [3.63, 3.8) is 0 Å². The summed E-state index contributed by atoms with van der Waals surface area (Å²) in [6, 6.07) is 3.88. The summed E-state index contributed by atoms with van der Waals surface area (Å²) in [6.45, 7) is 10.8. The molecular weight excluding hydrogens is 306 g/mol.